The van der Waals surface area contributed by atoms with Crippen molar-refractivity contribution in [1.29, 1.82) is 0 Å². The van der Waals surface area contributed by atoms with Crippen molar-refractivity contribution >= 4 is 22.7 Å². The molecule has 2 saturated carbocycles. The molecule has 148 valence electrons. The molecule has 0 N–H and O–H groups in total. The van der Waals surface area contributed by atoms with E-state index in [-0.39, 0.29) is 0 Å². The Morgan fingerprint density at radius 2 is 2.00 bits per heavy atom. The molecule has 1 aliphatic heterocycles. The number of fused-ring (bicyclic) bond motifs is 1. The summed E-state index contributed by atoms with van der Waals surface area (Å²) in [6.45, 7) is 4.52. The van der Waals surface area contributed by atoms with Gasteiger partial charge in [-0.2, -0.15) is 0 Å². The van der Waals surface area contributed by atoms with E-state index in [1.807, 2.05) is 18.2 Å². The summed E-state index contributed by atoms with van der Waals surface area (Å²) in [5.74, 6) is 1.35. The quantitative estimate of drug-likeness (QED) is 0.676. The van der Waals surface area contributed by atoms with Crippen LogP contribution in [0, 0.1) is 5.41 Å². The van der Waals surface area contributed by atoms with Crippen LogP contribution < -0.4 is 0 Å². The summed E-state index contributed by atoms with van der Waals surface area (Å²) in [7, 11) is 2.22. The topological polar surface area (TPSA) is 32.5 Å². The maximum atomic E-state index is 6.08. The maximum Gasteiger partial charge on any atom is 0.198 e. The third-order valence-electron chi connectivity index (χ3n) is 7.02. The van der Waals surface area contributed by atoms with Crippen LogP contribution in [-0.4, -0.2) is 40.1 Å². The number of nitrogens with zero attached hydrogens (tertiary/aromatic N) is 3. The maximum absolute atomic E-state index is 6.08. The lowest BCUT2D eigenvalue weighted by Crippen LogP contribution is -2.59. The van der Waals surface area contributed by atoms with Crippen LogP contribution in [0.1, 0.15) is 51.3 Å². The predicted octanol–water partition coefficient (Wildman–Crippen LogP) is 5.56. The number of allylic oxidation sites excluding steroid dienone is 2. The summed E-state index contributed by atoms with van der Waals surface area (Å²) in [6.07, 6.45) is 14.2. The molecule has 4 nitrogen and oxygen atoms in total. The van der Waals surface area contributed by atoms with Gasteiger partial charge in [0.25, 0.3) is 0 Å². The average Bonchev–Trinajstić information content (AvgIpc) is 3.01. The van der Waals surface area contributed by atoms with E-state index in [2.05, 4.69) is 55.1 Å². The minimum Gasteiger partial charge on any atom is -0.440 e. The van der Waals surface area contributed by atoms with Gasteiger partial charge in [0, 0.05) is 29.2 Å². The summed E-state index contributed by atoms with van der Waals surface area (Å²) in [6, 6.07) is 6.83. The second-order valence-corrected chi connectivity index (χ2v) is 9.61. The monoisotopic (exact) mass is 397 g/mol. The lowest BCUT2D eigenvalue weighted by Gasteiger charge is -2.60. The molecule has 2 fully saturated rings. The summed E-state index contributed by atoms with van der Waals surface area (Å²) >= 11 is 6.08. The van der Waals surface area contributed by atoms with E-state index >= 15 is 0 Å². The Kier molecular flexibility index (Phi) is 4.33. The molecule has 1 atom stereocenters. The van der Waals surface area contributed by atoms with Crippen LogP contribution >= 0.6 is 11.6 Å². The molecule has 1 aromatic heterocycles. The number of aromatic nitrogens is 1. The summed E-state index contributed by atoms with van der Waals surface area (Å²) in [4.78, 5) is 9.69. The van der Waals surface area contributed by atoms with E-state index in [1.165, 1.54) is 25.7 Å². The third kappa shape index (κ3) is 2.98. The van der Waals surface area contributed by atoms with Gasteiger partial charge in [0.15, 0.2) is 11.5 Å². The number of halogens is 1. The van der Waals surface area contributed by atoms with Crippen LogP contribution in [-0.2, 0) is 0 Å². The Labute approximate surface area is 171 Å². The van der Waals surface area contributed by atoms with Crippen molar-refractivity contribution in [3.05, 3.63) is 53.5 Å². The predicted molar refractivity (Wildman–Crippen MR) is 113 cm³/mol. The first kappa shape index (κ1) is 18.3. The molecule has 0 bridgehead atoms. The molecule has 5 rings (SSSR count). The van der Waals surface area contributed by atoms with Crippen LogP contribution in [0.25, 0.3) is 11.1 Å². The molecule has 2 aromatic rings. The Bertz CT molecular complexity index is 932. The van der Waals surface area contributed by atoms with Crippen LogP contribution in [0.5, 0.6) is 0 Å². The summed E-state index contributed by atoms with van der Waals surface area (Å²) in [5, 5.41) is 0.712. The third-order valence-corrected chi connectivity index (χ3v) is 7.26. The Hall–Kier alpha value is -1.78. The zero-order valence-electron chi connectivity index (χ0n) is 16.8. The van der Waals surface area contributed by atoms with Gasteiger partial charge in [-0.15, -0.1) is 0 Å². The normalized spacial score (nSPS) is 31.8. The van der Waals surface area contributed by atoms with Crippen molar-refractivity contribution in [3.63, 3.8) is 0 Å². The Morgan fingerprint density at radius 3 is 2.75 bits per heavy atom. The fourth-order valence-electron chi connectivity index (χ4n) is 5.23. The number of oxazole rings is 1. The van der Waals surface area contributed by atoms with E-state index in [1.54, 1.807) is 0 Å². The van der Waals surface area contributed by atoms with Crippen LogP contribution in [0.15, 0.2) is 47.0 Å². The van der Waals surface area contributed by atoms with Gasteiger partial charge in [0.05, 0.1) is 0 Å². The molecule has 2 heterocycles. The van der Waals surface area contributed by atoms with E-state index in [0.717, 1.165) is 17.0 Å². The SMILES string of the molecule is CC(C)N(C)C1C=CC=CN1C1CC2(CC(c3nc4cc(Cl)ccc4o3)C2)C1. The molecule has 0 radical (unpaired) electrons. The average molecular weight is 398 g/mol. The second-order valence-electron chi connectivity index (χ2n) is 9.18. The van der Waals surface area contributed by atoms with E-state index in [9.17, 15) is 0 Å². The summed E-state index contributed by atoms with van der Waals surface area (Å²) < 4.78 is 6.00. The molecule has 1 aromatic carbocycles. The van der Waals surface area contributed by atoms with E-state index in [4.69, 9.17) is 21.0 Å². The van der Waals surface area contributed by atoms with E-state index < -0.39 is 0 Å². The van der Waals surface area contributed by atoms with Gasteiger partial charge in [0.2, 0.25) is 0 Å². The first-order valence-corrected chi connectivity index (χ1v) is 10.7. The molecule has 28 heavy (non-hydrogen) atoms. The number of hydrogen-bond acceptors (Lipinski definition) is 4. The van der Waals surface area contributed by atoms with Gasteiger partial charge in [-0.05, 0) is 82.3 Å². The molecule has 1 unspecified atom stereocenters. The van der Waals surface area contributed by atoms with Crippen LogP contribution in [0.4, 0.5) is 0 Å². The van der Waals surface area contributed by atoms with Crippen molar-refractivity contribution in [1.82, 2.24) is 14.8 Å². The fourth-order valence-corrected chi connectivity index (χ4v) is 5.39. The molecule has 1 spiro atoms. The largest absolute Gasteiger partial charge is 0.440 e. The lowest BCUT2D eigenvalue weighted by molar-refractivity contribution is -0.0815. The van der Waals surface area contributed by atoms with Crippen molar-refractivity contribution < 1.29 is 4.42 Å². The highest BCUT2D eigenvalue weighted by Crippen LogP contribution is 2.63. The van der Waals surface area contributed by atoms with Crippen molar-refractivity contribution in [3.8, 4) is 0 Å². The first-order valence-electron chi connectivity index (χ1n) is 10.3. The second kappa shape index (κ2) is 6.64. The number of rotatable bonds is 4. The number of likely N-dealkylation sites (N-methyl/N-ethyl adjacent to an activating group) is 1. The van der Waals surface area contributed by atoms with Crippen LogP contribution in [0.3, 0.4) is 0 Å². The molecule has 0 amide bonds. The molecular weight excluding hydrogens is 370 g/mol. The van der Waals surface area contributed by atoms with Crippen molar-refractivity contribution in [2.24, 2.45) is 5.41 Å². The van der Waals surface area contributed by atoms with Crippen molar-refractivity contribution in [2.45, 2.75) is 63.7 Å². The first-order chi connectivity index (χ1) is 13.4. The molecule has 3 aliphatic rings. The van der Waals surface area contributed by atoms with Gasteiger partial charge < -0.3 is 9.32 Å². The van der Waals surface area contributed by atoms with Gasteiger partial charge in [-0.25, -0.2) is 4.98 Å². The molecule has 5 heteroatoms. The Balaban J connectivity index is 1.22. The van der Waals surface area contributed by atoms with Crippen LogP contribution in [0.2, 0.25) is 5.02 Å². The number of benzene rings is 1. The Morgan fingerprint density at radius 1 is 1.21 bits per heavy atom. The van der Waals surface area contributed by atoms with E-state index in [0.29, 0.717) is 34.6 Å². The van der Waals surface area contributed by atoms with Gasteiger partial charge in [-0.3, -0.25) is 4.90 Å². The highest BCUT2D eigenvalue weighted by molar-refractivity contribution is 6.31. The molecular formula is C23H28ClN3O. The number of hydrogen-bond donors (Lipinski definition) is 0. The highest BCUT2D eigenvalue weighted by atomic mass is 35.5. The molecule has 0 saturated heterocycles. The minimum atomic E-state index is 0.366. The fraction of sp³-hybridized carbons (Fsp3) is 0.522. The zero-order chi connectivity index (χ0) is 19.5. The minimum absolute atomic E-state index is 0.366. The highest BCUT2D eigenvalue weighted by Gasteiger charge is 2.56. The smallest absolute Gasteiger partial charge is 0.198 e. The zero-order valence-corrected chi connectivity index (χ0v) is 17.6. The van der Waals surface area contributed by atoms with Gasteiger partial charge in [0.1, 0.15) is 11.7 Å². The van der Waals surface area contributed by atoms with Crippen molar-refractivity contribution in [2.75, 3.05) is 7.05 Å². The summed E-state index contributed by atoms with van der Waals surface area (Å²) in [5.41, 5.74) is 2.21. The van der Waals surface area contributed by atoms with Gasteiger partial charge >= 0.3 is 0 Å². The molecule has 2 aliphatic carbocycles. The van der Waals surface area contributed by atoms with Gasteiger partial charge in [-0.1, -0.05) is 17.7 Å². The lowest BCUT2D eigenvalue weighted by atomic mass is 9.49. The standard InChI is InChI=1S/C23H28ClN3O/c1-15(2)26(3)21-6-4-5-9-27(21)18-13-23(14-18)11-16(12-23)22-25-19-10-17(24)7-8-20(19)28-22/h4-10,15-16,18,21H,11-14H2,1-3H3.